The van der Waals surface area contributed by atoms with Gasteiger partial charge in [0.05, 0.1) is 6.61 Å². The van der Waals surface area contributed by atoms with Gasteiger partial charge < -0.3 is 15.4 Å². The first-order valence-corrected chi connectivity index (χ1v) is 5.24. The molecule has 0 aliphatic carbocycles. The predicted octanol–water partition coefficient (Wildman–Crippen LogP) is 0.870. The lowest BCUT2D eigenvalue weighted by Crippen LogP contribution is -2.29. The van der Waals surface area contributed by atoms with Crippen LogP contribution in [0.2, 0.25) is 0 Å². The average Bonchev–Trinajstić information content (AvgIpc) is 2.78. The zero-order valence-electron chi connectivity index (χ0n) is 8.95. The number of aliphatic hydroxyl groups excluding tert-OH is 1. The third kappa shape index (κ3) is 2.29. The largest absolute Gasteiger partial charge is 0.395 e. The highest BCUT2D eigenvalue weighted by Gasteiger charge is 2.08. The van der Waals surface area contributed by atoms with Crippen LogP contribution in [0.15, 0.2) is 42.7 Å². The van der Waals surface area contributed by atoms with Crippen LogP contribution >= 0.6 is 0 Å². The topological polar surface area (TPSA) is 64.1 Å². The van der Waals surface area contributed by atoms with Crippen molar-refractivity contribution < 1.29 is 5.11 Å². The Kier molecular flexibility index (Phi) is 3.34. The number of nitrogens with two attached hydrogens (primary N) is 1. The van der Waals surface area contributed by atoms with Crippen molar-refractivity contribution in [2.24, 2.45) is 5.73 Å². The Labute approximate surface area is 94.4 Å². The molecule has 1 atom stereocenters. The molecule has 3 N–H and O–H groups in total. The summed E-state index contributed by atoms with van der Waals surface area (Å²) in [4.78, 5) is 4.30. The van der Waals surface area contributed by atoms with E-state index in [1.165, 1.54) is 0 Å². The van der Waals surface area contributed by atoms with Crippen LogP contribution in [0.5, 0.6) is 0 Å². The third-order valence-corrected chi connectivity index (χ3v) is 2.41. The van der Waals surface area contributed by atoms with E-state index in [-0.39, 0.29) is 12.6 Å². The van der Waals surface area contributed by atoms with Crippen LogP contribution in [0.4, 0.5) is 0 Å². The molecule has 2 aromatic rings. The fourth-order valence-electron chi connectivity index (χ4n) is 1.61. The minimum absolute atomic E-state index is 0.0214. The van der Waals surface area contributed by atoms with Crippen LogP contribution in [0.25, 0.3) is 11.4 Å². The van der Waals surface area contributed by atoms with Crippen molar-refractivity contribution in [2.75, 3.05) is 6.61 Å². The van der Waals surface area contributed by atoms with Crippen LogP contribution in [-0.2, 0) is 6.54 Å². The number of rotatable bonds is 4. The first-order valence-electron chi connectivity index (χ1n) is 5.24. The summed E-state index contributed by atoms with van der Waals surface area (Å²) in [6, 6.07) is 9.67. The Balaban J connectivity index is 2.26. The van der Waals surface area contributed by atoms with E-state index in [1.807, 2.05) is 41.1 Å². The maximum atomic E-state index is 8.94. The molecule has 0 saturated carbocycles. The van der Waals surface area contributed by atoms with Crippen molar-refractivity contribution in [2.45, 2.75) is 12.6 Å². The predicted molar refractivity (Wildman–Crippen MR) is 62.7 cm³/mol. The first-order chi connectivity index (χ1) is 7.81. The number of nitrogens with zero attached hydrogens (tertiary/aromatic N) is 2. The zero-order valence-corrected chi connectivity index (χ0v) is 8.95. The SMILES string of the molecule is NC(CO)Cn1ccnc1-c1ccccc1. The molecule has 0 aliphatic rings. The Morgan fingerprint density at radius 1 is 1.31 bits per heavy atom. The molecule has 1 aromatic carbocycles. The second-order valence-electron chi connectivity index (χ2n) is 3.71. The quantitative estimate of drug-likeness (QED) is 0.798. The van der Waals surface area contributed by atoms with Crippen molar-refractivity contribution in [3.8, 4) is 11.4 Å². The van der Waals surface area contributed by atoms with Crippen molar-refractivity contribution in [3.63, 3.8) is 0 Å². The summed E-state index contributed by atoms with van der Waals surface area (Å²) in [5.41, 5.74) is 6.77. The highest BCUT2D eigenvalue weighted by Crippen LogP contribution is 2.16. The second kappa shape index (κ2) is 4.92. The molecule has 1 aromatic heterocycles. The molecule has 0 spiro atoms. The van der Waals surface area contributed by atoms with Gasteiger partial charge >= 0.3 is 0 Å². The van der Waals surface area contributed by atoms with E-state index in [9.17, 15) is 0 Å². The molecule has 1 heterocycles. The summed E-state index contributed by atoms with van der Waals surface area (Å²) in [6.45, 7) is 0.549. The van der Waals surface area contributed by atoms with E-state index in [4.69, 9.17) is 10.8 Å². The smallest absolute Gasteiger partial charge is 0.139 e. The van der Waals surface area contributed by atoms with Crippen molar-refractivity contribution in [1.29, 1.82) is 0 Å². The van der Waals surface area contributed by atoms with E-state index >= 15 is 0 Å². The van der Waals surface area contributed by atoms with Gasteiger partial charge in [0.1, 0.15) is 5.82 Å². The highest BCUT2D eigenvalue weighted by atomic mass is 16.3. The first kappa shape index (κ1) is 10.9. The Hall–Kier alpha value is -1.65. The summed E-state index contributed by atoms with van der Waals surface area (Å²) in [7, 11) is 0. The molecule has 2 rings (SSSR count). The maximum Gasteiger partial charge on any atom is 0.139 e. The molecule has 0 fully saturated rings. The second-order valence-corrected chi connectivity index (χ2v) is 3.71. The van der Waals surface area contributed by atoms with Gasteiger partial charge in [0.15, 0.2) is 0 Å². The standard InChI is InChI=1S/C12H15N3O/c13-11(9-16)8-15-7-6-14-12(15)10-4-2-1-3-5-10/h1-7,11,16H,8-9,13H2. The van der Waals surface area contributed by atoms with E-state index in [0.29, 0.717) is 6.54 Å². The Morgan fingerprint density at radius 3 is 2.75 bits per heavy atom. The van der Waals surface area contributed by atoms with E-state index in [2.05, 4.69) is 4.98 Å². The summed E-state index contributed by atoms with van der Waals surface area (Å²) in [6.07, 6.45) is 3.62. The molecular formula is C12H15N3O. The lowest BCUT2D eigenvalue weighted by atomic mass is 10.2. The summed E-state index contributed by atoms with van der Waals surface area (Å²) in [5, 5.41) is 8.94. The van der Waals surface area contributed by atoms with Gasteiger partial charge in [-0.05, 0) is 0 Å². The fourth-order valence-corrected chi connectivity index (χ4v) is 1.61. The monoisotopic (exact) mass is 217 g/mol. The zero-order chi connectivity index (χ0) is 11.4. The van der Waals surface area contributed by atoms with Crippen LogP contribution in [0.3, 0.4) is 0 Å². The van der Waals surface area contributed by atoms with Gasteiger partial charge in [-0.2, -0.15) is 0 Å². The van der Waals surface area contributed by atoms with Gasteiger partial charge in [-0.3, -0.25) is 0 Å². The molecule has 0 amide bonds. The molecule has 0 bridgehead atoms. The molecule has 0 aliphatic heterocycles. The third-order valence-electron chi connectivity index (χ3n) is 2.41. The van der Waals surface area contributed by atoms with Gasteiger partial charge in [0.25, 0.3) is 0 Å². The minimum atomic E-state index is -0.253. The molecular weight excluding hydrogens is 202 g/mol. The maximum absolute atomic E-state index is 8.94. The van der Waals surface area contributed by atoms with E-state index in [0.717, 1.165) is 11.4 Å². The summed E-state index contributed by atoms with van der Waals surface area (Å²) < 4.78 is 1.95. The normalized spacial score (nSPS) is 12.6. The molecule has 1 unspecified atom stereocenters. The molecule has 0 radical (unpaired) electrons. The van der Waals surface area contributed by atoms with Crippen LogP contribution in [-0.4, -0.2) is 27.3 Å². The van der Waals surface area contributed by atoms with E-state index < -0.39 is 0 Å². The van der Waals surface area contributed by atoms with Gasteiger partial charge in [0, 0.05) is 30.5 Å². The lowest BCUT2D eigenvalue weighted by Gasteiger charge is -2.11. The van der Waals surface area contributed by atoms with Gasteiger partial charge in [-0.15, -0.1) is 0 Å². The van der Waals surface area contributed by atoms with Crippen LogP contribution < -0.4 is 5.73 Å². The van der Waals surface area contributed by atoms with Crippen LogP contribution in [0, 0.1) is 0 Å². The van der Waals surface area contributed by atoms with Crippen molar-refractivity contribution >= 4 is 0 Å². The fraction of sp³-hybridized carbons (Fsp3) is 0.250. The van der Waals surface area contributed by atoms with Crippen molar-refractivity contribution in [3.05, 3.63) is 42.7 Å². The Morgan fingerprint density at radius 2 is 2.06 bits per heavy atom. The number of aliphatic hydroxyl groups is 1. The number of hydrogen-bond donors (Lipinski definition) is 2. The highest BCUT2D eigenvalue weighted by molar-refractivity contribution is 5.55. The minimum Gasteiger partial charge on any atom is -0.395 e. The summed E-state index contributed by atoms with van der Waals surface area (Å²) >= 11 is 0. The number of benzene rings is 1. The molecule has 0 saturated heterocycles. The number of aromatic nitrogens is 2. The average molecular weight is 217 g/mol. The van der Waals surface area contributed by atoms with Gasteiger partial charge in [-0.25, -0.2) is 4.98 Å². The molecule has 84 valence electrons. The lowest BCUT2D eigenvalue weighted by molar-refractivity contribution is 0.254. The van der Waals surface area contributed by atoms with Gasteiger partial charge in [0.2, 0.25) is 0 Å². The van der Waals surface area contributed by atoms with Crippen molar-refractivity contribution in [1.82, 2.24) is 9.55 Å². The molecule has 4 nitrogen and oxygen atoms in total. The number of hydrogen-bond acceptors (Lipinski definition) is 3. The Bertz CT molecular complexity index is 439. The van der Waals surface area contributed by atoms with Crippen LogP contribution in [0.1, 0.15) is 0 Å². The number of imidazole rings is 1. The van der Waals surface area contributed by atoms with E-state index in [1.54, 1.807) is 6.20 Å². The molecule has 16 heavy (non-hydrogen) atoms. The van der Waals surface area contributed by atoms with Gasteiger partial charge in [-0.1, -0.05) is 30.3 Å². The summed E-state index contributed by atoms with van der Waals surface area (Å²) in [5.74, 6) is 0.879. The molecule has 4 heteroatoms.